The number of aromatic nitrogens is 2. The number of ketones is 1. The van der Waals surface area contributed by atoms with Gasteiger partial charge in [0, 0.05) is 23.9 Å². The van der Waals surface area contributed by atoms with Gasteiger partial charge in [0.2, 0.25) is 11.5 Å². The smallest absolute Gasteiger partial charge is 0.209 e. The number of allylic oxidation sites excluding steroid dienone is 3. The molecule has 0 amide bonds. The Kier molecular flexibility index (Phi) is 3.50. The third-order valence-corrected chi connectivity index (χ3v) is 6.15. The average molecular weight is 384 g/mol. The Balaban J connectivity index is 1.63. The second kappa shape index (κ2) is 5.77. The van der Waals surface area contributed by atoms with E-state index >= 15 is 0 Å². The summed E-state index contributed by atoms with van der Waals surface area (Å²) in [7, 11) is 2.00. The molecule has 29 heavy (non-hydrogen) atoms. The van der Waals surface area contributed by atoms with Crippen molar-refractivity contribution in [2.75, 3.05) is 7.05 Å². The van der Waals surface area contributed by atoms with Crippen molar-refractivity contribution in [3.05, 3.63) is 83.2 Å². The minimum atomic E-state index is -0.258. The molecule has 5 rings (SSSR count). The molecule has 1 aliphatic carbocycles. The number of hydrogen-bond acceptors (Lipinski definition) is 3. The van der Waals surface area contributed by atoms with Crippen LogP contribution in [0.15, 0.2) is 66.1 Å². The van der Waals surface area contributed by atoms with E-state index in [-0.39, 0.29) is 17.0 Å². The zero-order valence-electron chi connectivity index (χ0n) is 16.9. The maximum absolute atomic E-state index is 13.0. The molecular formula is C24H22N3O2+. The van der Waals surface area contributed by atoms with Crippen molar-refractivity contribution in [2.24, 2.45) is 0 Å². The lowest BCUT2D eigenvalue weighted by molar-refractivity contribution is -0.401. The second-order valence-electron chi connectivity index (χ2n) is 8.16. The van der Waals surface area contributed by atoms with Crippen LogP contribution >= 0.6 is 0 Å². The summed E-state index contributed by atoms with van der Waals surface area (Å²) in [6.45, 7) is 6.16. The molecule has 0 atom stereocenters. The lowest BCUT2D eigenvalue weighted by Crippen LogP contribution is -2.30. The zero-order valence-corrected chi connectivity index (χ0v) is 16.9. The number of carbonyl (C=O) groups is 1. The minimum absolute atomic E-state index is 0.0199. The summed E-state index contributed by atoms with van der Waals surface area (Å²) in [6, 6.07) is 14.0. The van der Waals surface area contributed by atoms with Crippen LogP contribution in [0.3, 0.4) is 0 Å². The van der Waals surface area contributed by atoms with Gasteiger partial charge in [-0.3, -0.25) is 4.79 Å². The maximum Gasteiger partial charge on any atom is 0.209 e. The van der Waals surface area contributed by atoms with Crippen LogP contribution in [0.25, 0.3) is 11.1 Å². The molecule has 3 heterocycles. The molecule has 1 aromatic carbocycles. The van der Waals surface area contributed by atoms with Crippen molar-refractivity contribution >= 4 is 28.3 Å². The van der Waals surface area contributed by atoms with Crippen LogP contribution < -0.4 is 0 Å². The van der Waals surface area contributed by atoms with Gasteiger partial charge in [0.05, 0.1) is 22.1 Å². The topological polar surface area (TPSA) is 57.6 Å². The van der Waals surface area contributed by atoms with E-state index in [1.165, 1.54) is 5.56 Å². The number of imidazole rings is 1. The van der Waals surface area contributed by atoms with E-state index in [0.717, 1.165) is 22.7 Å². The predicted molar refractivity (Wildman–Crippen MR) is 113 cm³/mol. The Morgan fingerprint density at radius 3 is 2.59 bits per heavy atom. The minimum Gasteiger partial charge on any atom is -0.506 e. The number of benzene rings is 1. The number of aliphatic hydroxyl groups excluding tert-OH is 1. The fourth-order valence-corrected chi connectivity index (χ4v) is 4.55. The van der Waals surface area contributed by atoms with Gasteiger partial charge in [-0.15, -0.1) is 0 Å². The Hall–Kier alpha value is -3.47. The first-order chi connectivity index (χ1) is 13.8. The maximum atomic E-state index is 13.0. The number of rotatable bonds is 2. The standard InChI is InChI=1S/C24H21N3O2/c1-14-25-21(18-11-7-8-12-27(14)18)20-22(28)15(23(20)29)13-19-24(2,3)16-9-5-6-10-17(16)26(19)4/h5-13H,1-4H3/p+1. The van der Waals surface area contributed by atoms with Gasteiger partial charge < -0.3 is 9.51 Å². The van der Waals surface area contributed by atoms with Gasteiger partial charge in [0.15, 0.2) is 5.71 Å². The summed E-state index contributed by atoms with van der Waals surface area (Å²) in [4.78, 5) is 17.6. The van der Waals surface area contributed by atoms with Crippen LogP contribution in [0.2, 0.25) is 0 Å². The summed E-state index contributed by atoms with van der Waals surface area (Å²) < 4.78 is 4.01. The highest BCUT2D eigenvalue weighted by atomic mass is 16.3. The van der Waals surface area contributed by atoms with Crippen molar-refractivity contribution < 1.29 is 14.5 Å². The highest BCUT2D eigenvalue weighted by Crippen LogP contribution is 2.42. The monoisotopic (exact) mass is 384 g/mol. The van der Waals surface area contributed by atoms with E-state index in [4.69, 9.17) is 0 Å². The highest BCUT2D eigenvalue weighted by molar-refractivity contribution is 6.40. The summed E-state index contributed by atoms with van der Waals surface area (Å²) in [5.41, 5.74) is 5.05. The fraction of sp³-hybridized carbons (Fsp3) is 0.208. The number of para-hydroxylation sites is 1. The third-order valence-electron chi connectivity index (χ3n) is 6.15. The van der Waals surface area contributed by atoms with Crippen molar-refractivity contribution in [3.63, 3.8) is 0 Å². The highest BCUT2D eigenvalue weighted by Gasteiger charge is 2.45. The molecule has 5 heteroatoms. The molecule has 2 aliphatic rings. The molecule has 0 spiro atoms. The van der Waals surface area contributed by atoms with Crippen LogP contribution in [-0.2, 0) is 10.2 Å². The van der Waals surface area contributed by atoms with Crippen molar-refractivity contribution in [1.82, 2.24) is 9.38 Å². The molecule has 144 valence electrons. The van der Waals surface area contributed by atoms with Gasteiger partial charge in [-0.1, -0.05) is 24.3 Å². The first-order valence-corrected chi connectivity index (χ1v) is 9.67. The molecule has 0 unspecified atom stereocenters. The lowest BCUT2D eigenvalue weighted by Gasteiger charge is -2.22. The van der Waals surface area contributed by atoms with E-state index < -0.39 is 0 Å². The molecule has 0 radical (unpaired) electrons. The number of aryl methyl sites for hydroxylation is 1. The Labute approximate surface area is 169 Å². The van der Waals surface area contributed by atoms with Crippen LogP contribution in [0.5, 0.6) is 0 Å². The summed E-state index contributed by atoms with van der Waals surface area (Å²) in [5.74, 6) is 0.633. The quantitative estimate of drug-likeness (QED) is 0.534. The SMILES string of the molecule is Cc1nc(C2=C(O)C(=CC3=[N+](C)c4ccccc4C3(C)C)C2=O)c2ccccn12. The molecule has 1 N–H and O–H groups in total. The molecular weight excluding hydrogens is 362 g/mol. The van der Waals surface area contributed by atoms with E-state index in [9.17, 15) is 9.90 Å². The predicted octanol–water partition coefficient (Wildman–Crippen LogP) is 4.13. The van der Waals surface area contributed by atoms with E-state index in [1.54, 1.807) is 0 Å². The summed E-state index contributed by atoms with van der Waals surface area (Å²) >= 11 is 0. The molecule has 2 aromatic heterocycles. The molecule has 3 aromatic rings. The number of nitrogens with zero attached hydrogens (tertiary/aromatic N) is 3. The van der Waals surface area contributed by atoms with E-state index in [0.29, 0.717) is 16.8 Å². The molecule has 0 bridgehead atoms. The normalized spacial score (nSPS) is 19.3. The van der Waals surface area contributed by atoms with E-state index in [1.807, 2.05) is 61.0 Å². The number of hydrogen-bond donors (Lipinski definition) is 1. The van der Waals surface area contributed by atoms with E-state index in [2.05, 4.69) is 35.5 Å². The molecule has 5 nitrogen and oxygen atoms in total. The van der Waals surface area contributed by atoms with Crippen LogP contribution in [-0.4, -0.2) is 37.6 Å². The van der Waals surface area contributed by atoms with Gasteiger partial charge in [-0.2, -0.15) is 4.58 Å². The fourth-order valence-electron chi connectivity index (χ4n) is 4.55. The van der Waals surface area contributed by atoms with Crippen LogP contribution in [0.1, 0.15) is 30.9 Å². The molecule has 1 aliphatic heterocycles. The number of aliphatic hydroxyl groups is 1. The summed E-state index contributed by atoms with van der Waals surface area (Å²) in [5, 5.41) is 10.8. The number of fused-ring (bicyclic) bond motifs is 2. The first kappa shape index (κ1) is 17.6. The van der Waals surface area contributed by atoms with Gasteiger partial charge in [0.25, 0.3) is 0 Å². The Morgan fingerprint density at radius 1 is 1.14 bits per heavy atom. The first-order valence-electron chi connectivity index (χ1n) is 9.67. The van der Waals surface area contributed by atoms with Gasteiger partial charge in [-0.05, 0) is 32.9 Å². The van der Waals surface area contributed by atoms with Crippen LogP contribution in [0.4, 0.5) is 5.69 Å². The Morgan fingerprint density at radius 2 is 1.86 bits per heavy atom. The molecule has 0 saturated carbocycles. The second-order valence-corrected chi connectivity index (χ2v) is 8.16. The lowest BCUT2D eigenvalue weighted by atomic mass is 9.78. The number of carbonyl (C=O) groups excluding carboxylic acids is 1. The zero-order chi connectivity index (χ0) is 20.5. The van der Waals surface area contributed by atoms with Gasteiger partial charge in [-0.25, -0.2) is 4.98 Å². The van der Waals surface area contributed by atoms with Crippen molar-refractivity contribution in [3.8, 4) is 0 Å². The van der Waals surface area contributed by atoms with Crippen LogP contribution in [0, 0.1) is 6.92 Å². The largest absolute Gasteiger partial charge is 0.506 e. The number of Topliss-reactive ketones (excluding diaryl/α,β-unsaturated/α-hetero) is 1. The Bertz CT molecular complexity index is 1320. The summed E-state index contributed by atoms with van der Waals surface area (Å²) in [6.07, 6.45) is 3.73. The average Bonchev–Trinajstić information content (AvgIpc) is 3.13. The van der Waals surface area contributed by atoms with Crippen molar-refractivity contribution in [1.29, 1.82) is 0 Å². The van der Waals surface area contributed by atoms with Gasteiger partial charge >= 0.3 is 0 Å². The molecule has 0 saturated heterocycles. The molecule has 0 fully saturated rings. The van der Waals surface area contributed by atoms with Crippen molar-refractivity contribution in [2.45, 2.75) is 26.2 Å². The third kappa shape index (κ3) is 2.24. The number of pyridine rings is 1. The van der Waals surface area contributed by atoms with Gasteiger partial charge in [0.1, 0.15) is 24.3 Å².